The molecule has 1 N–H and O–H groups in total. The molecule has 0 atom stereocenters. The number of benzene rings is 1. The third-order valence-electron chi connectivity index (χ3n) is 4.25. The first-order chi connectivity index (χ1) is 12.4. The first kappa shape index (κ1) is 20.2. The second kappa shape index (κ2) is 9.04. The molecule has 4 heteroatoms. The number of imidazole rings is 1. The van der Waals surface area contributed by atoms with E-state index in [1.165, 1.54) is 5.57 Å². The Bertz CT molecular complexity index is 841. The summed E-state index contributed by atoms with van der Waals surface area (Å²) in [4.78, 5) is 13.8. The van der Waals surface area contributed by atoms with E-state index in [2.05, 4.69) is 74.8 Å². The molecule has 1 heterocycles. The lowest BCUT2D eigenvalue weighted by molar-refractivity contribution is 0.794. The van der Waals surface area contributed by atoms with Crippen LogP contribution in [-0.2, 0) is 0 Å². The minimum atomic E-state index is 0.332. The van der Waals surface area contributed by atoms with E-state index < -0.39 is 0 Å². The van der Waals surface area contributed by atoms with Crippen LogP contribution in [0.15, 0.2) is 40.8 Å². The highest BCUT2D eigenvalue weighted by atomic mass is 32.2. The molecule has 0 aliphatic carbocycles. The van der Waals surface area contributed by atoms with Gasteiger partial charge in [-0.2, -0.15) is 0 Å². The van der Waals surface area contributed by atoms with E-state index in [0.717, 1.165) is 45.4 Å². The summed E-state index contributed by atoms with van der Waals surface area (Å²) < 4.78 is 0. The second-order valence-corrected chi connectivity index (χ2v) is 7.71. The van der Waals surface area contributed by atoms with Crippen molar-refractivity contribution >= 4 is 28.6 Å². The van der Waals surface area contributed by atoms with E-state index in [1.807, 2.05) is 13.1 Å². The Kier molecular flexibility index (Phi) is 7.04. The van der Waals surface area contributed by atoms with E-state index >= 15 is 0 Å². The smallest absolute Gasteiger partial charge is 0.109 e. The molecule has 0 aliphatic heterocycles. The number of nitrogens with one attached hydrogen (secondary N) is 1. The molecule has 0 fully saturated rings. The number of H-pyrrole nitrogens is 1. The zero-order valence-corrected chi connectivity index (χ0v) is 17.5. The zero-order valence-electron chi connectivity index (χ0n) is 16.7. The molecule has 0 saturated carbocycles. The largest absolute Gasteiger partial charge is 0.341 e. The number of nitrogens with zero attached hydrogens (tertiary/aromatic N) is 2. The summed E-state index contributed by atoms with van der Waals surface area (Å²) in [6.45, 7) is 16.9. The fourth-order valence-electron chi connectivity index (χ4n) is 2.48. The predicted molar refractivity (Wildman–Crippen MR) is 117 cm³/mol. The molecule has 0 radical (unpaired) electrons. The standard InChI is InChI=1S/C22H29N3S/c1-8-15(5)13-26-17(7)20-21(25-22(24-20)14(3)4)18-10-11-19(23-9-2)16(6)12-18/h9-14H,7-8H2,1-6H3,(H,24,25)/b15-13+,23-9?. The van der Waals surface area contributed by atoms with E-state index in [1.54, 1.807) is 11.8 Å². The number of hydrogen-bond acceptors (Lipinski definition) is 3. The summed E-state index contributed by atoms with van der Waals surface area (Å²) in [5.74, 6) is 1.32. The van der Waals surface area contributed by atoms with E-state index in [4.69, 9.17) is 4.98 Å². The number of rotatable bonds is 7. The van der Waals surface area contributed by atoms with E-state index in [-0.39, 0.29) is 0 Å². The van der Waals surface area contributed by atoms with E-state index in [0.29, 0.717) is 5.92 Å². The number of thioether (sulfide) groups is 1. The number of aromatic amines is 1. The van der Waals surface area contributed by atoms with Crippen LogP contribution in [0.5, 0.6) is 0 Å². The molecular formula is C22H29N3S. The monoisotopic (exact) mass is 367 g/mol. The van der Waals surface area contributed by atoms with Gasteiger partial charge in [-0.1, -0.05) is 50.8 Å². The maximum absolute atomic E-state index is 4.88. The van der Waals surface area contributed by atoms with Crippen LogP contribution < -0.4 is 0 Å². The average Bonchev–Trinajstić information content (AvgIpc) is 3.07. The van der Waals surface area contributed by atoms with Gasteiger partial charge in [0.15, 0.2) is 0 Å². The molecule has 0 spiro atoms. The lowest BCUT2D eigenvalue weighted by atomic mass is 10.1. The molecule has 2 rings (SSSR count). The van der Waals surface area contributed by atoms with Crippen molar-refractivity contribution in [3.05, 3.63) is 52.8 Å². The van der Waals surface area contributed by atoms with Crippen LogP contribution in [0.4, 0.5) is 5.69 Å². The van der Waals surface area contributed by atoms with Gasteiger partial charge in [0.05, 0.1) is 17.1 Å². The molecular weight excluding hydrogens is 338 g/mol. The van der Waals surface area contributed by atoms with Crippen molar-refractivity contribution in [1.82, 2.24) is 9.97 Å². The number of hydrogen-bond donors (Lipinski definition) is 1. The molecule has 138 valence electrons. The summed E-state index contributed by atoms with van der Waals surface area (Å²) in [7, 11) is 0. The highest BCUT2D eigenvalue weighted by molar-refractivity contribution is 8.10. The lowest BCUT2D eigenvalue weighted by Gasteiger charge is -2.07. The zero-order chi connectivity index (χ0) is 19.3. The van der Waals surface area contributed by atoms with Gasteiger partial charge in [0.25, 0.3) is 0 Å². The normalized spacial score (nSPS) is 12.3. The van der Waals surface area contributed by atoms with Crippen molar-refractivity contribution in [3.63, 3.8) is 0 Å². The Balaban J connectivity index is 2.47. The number of aliphatic imine (C=N–C) groups is 1. The van der Waals surface area contributed by atoms with Crippen molar-refractivity contribution in [2.24, 2.45) is 4.99 Å². The minimum Gasteiger partial charge on any atom is -0.341 e. The Hall–Kier alpha value is -2.07. The van der Waals surface area contributed by atoms with Gasteiger partial charge in [-0.25, -0.2) is 4.98 Å². The minimum absolute atomic E-state index is 0.332. The van der Waals surface area contributed by atoms with Crippen molar-refractivity contribution in [2.75, 3.05) is 0 Å². The van der Waals surface area contributed by atoms with E-state index in [9.17, 15) is 0 Å². The number of aryl methyl sites for hydroxylation is 1. The molecule has 2 aromatic rings. The van der Waals surface area contributed by atoms with Crippen molar-refractivity contribution in [3.8, 4) is 11.3 Å². The molecule has 1 aromatic heterocycles. The van der Waals surface area contributed by atoms with Crippen LogP contribution in [0.1, 0.15) is 64.0 Å². The summed E-state index contributed by atoms with van der Waals surface area (Å²) in [6.07, 6.45) is 2.87. The van der Waals surface area contributed by atoms with Gasteiger partial charge in [-0.05, 0) is 50.3 Å². The molecule has 0 amide bonds. The van der Waals surface area contributed by atoms with Crippen LogP contribution >= 0.6 is 11.8 Å². The van der Waals surface area contributed by atoms with Gasteiger partial charge in [-0.3, -0.25) is 4.99 Å². The summed E-state index contributed by atoms with van der Waals surface area (Å²) >= 11 is 1.66. The molecule has 26 heavy (non-hydrogen) atoms. The van der Waals surface area contributed by atoms with Gasteiger partial charge in [0.1, 0.15) is 5.82 Å². The number of aromatic nitrogens is 2. The van der Waals surface area contributed by atoms with Crippen molar-refractivity contribution < 1.29 is 0 Å². The van der Waals surface area contributed by atoms with Crippen LogP contribution in [0.2, 0.25) is 0 Å². The first-order valence-corrected chi connectivity index (χ1v) is 9.96. The average molecular weight is 368 g/mol. The maximum atomic E-state index is 4.88. The fourth-order valence-corrected chi connectivity index (χ4v) is 3.25. The molecule has 1 aromatic carbocycles. The topological polar surface area (TPSA) is 41.0 Å². The molecule has 0 unspecified atom stereocenters. The number of allylic oxidation sites excluding steroid dienone is 1. The van der Waals surface area contributed by atoms with Crippen LogP contribution in [0.3, 0.4) is 0 Å². The summed E-state index contributed by atoms with van der Waals surface area (Å²) in [5, 5.41) is 2.17. The lowest BCUT2D eigenvalue weighted by Crippen LogP contribution is -1.89. The van der Waals surface area contributed by atoms with Crippen LogP contribution in [0.25, 0.3) is 16.2 Å². The Labute approximate surface area is 161 Å². The quantitative estimate of drug-likeness (QED) is 0.524. The predicted octanol–water partition coefficient (Wildman–Crippen LogP) is 7.25. The third-order valence-corrected chi connectivity index (χ3v) is 5.26. The molecule has 0 aliphatic rings. The fraction of sp³-hybridized carbons (Fsp3) is 0.364. The maximum Gasteiger partial charge on any atom is 0.109 e. The highest BCUT2D eigenvalue weighted by Gasteiger charge is 2.17. The second-order valence-electron chi connectivity index (χ2n) is 6.75. The third kappa shape index (κ3) is 4.76. The SMILES string of the molecule is C=C(S/C=C(\C)CC)c1[nH]c(C(C)C)nc1-c1ccc(N=CC)c(C)c1. The van der Waals surface area contributed by atoms with Gasteiger partial charge in [-0.15, -0.1) is 0 Å². The Morgan fingerprint density at radius 3 is 2.69 bits per heavy atom. The van der Waals surface area contributed by atoms with Crippen LogP contribution in [0, 0.1) is 6.92 Å². The van der Waals surface area contributed by atoms with Crippen molar-refractivity contribution in [2.45, 2.75) is 53.9 Å². The van der Waals surface area contributed by atoms with Crippen LogP contribution in [-0.4, -0.2) is 16.2 Å². The molecule has 3 nitrogen and oxygen atoms in total. The summed E-state index contributed by atoms with van der Waals surface area (Å²) in [6, 6.07) is 6.29. The Morgan fingerprint density at radius 2 is 2.12 bits per heavy atom. The molecule has 0 bridgehead atoms. The molecule has 0 saturated heterocycles. The Morgan fingerprint density at radius 1 is 1.38 bits per heavy atom. The van der Waals surface area contributed by atoms with Gasteiger partial charge in [0.2, 0.25) is 0 Å². The van der Waals surface area contributed by atoms with Gasteiger partial charge in [0, 0.05) is 22.6 Å². The highest BCUT2D eigenvalue weighted by Crippen LogP contribution is 2.36. The van der Waals surface area contributed by atoms with Gasteiger partial charge >= 0.3 is 0 Å². The van der Waals surface area contributed by atoms with Crippen molar-refractivity contribution in [1.29, 1.82) is 0 Å². The van der Waals surface area contributed by atoms with Gasteiger partial charge < -0.3 is 4.98 Å². The first-order valence-electron chi connectivity index (χ1n) is 9.08. The summed E-state index contributed by atoms with van der Waals surface area (Å²) in [5.41, 5.74) is 6.54.